The first kappa shape index (κ1) is 14.4. The molecule has 6 nitrogen and oxygen atoms in total. The molecule has 2 N–H and O–H groups in total. The Kier molecular flexibility index (Phi) is 3.63. The van der Waals surface area contributed by atoms with Crippen LogP contribution in [0.4, 0.5) is 5.82 Å². The molecule has 0 saturated carbocycles. The Bertz CT molecular complexity index is 837. The Labute approximate surface area is 134 Å². The van der Waals surface area contributed by atoms with Gasteiger partial charge in [-0.15, -0.1) is 0 Å². The summed E-state index contributed by atoms with van der Waals surface area (Å²) in [7, 11) is 0. The van der Waals surface area contributed by atoms with E-state index >= 15 is 0 Å². The predicted octanol–water partition coefficient (Wildman–Crippen LogP) is 0.382. The highest BCUT2D eigenvalue weighted by Gasteiger charge is 2.24. The van der Waals surface area contributed by atoms with E-state index in [-0.39, 0.29) is 6.61 Å². The molecule has 4 rings (SSSR count). The van der Waals surface area contributed by atoms with E-state index in [9.17, 15) is 0 Å². The molecule has 0 unspecified atom stereocenters. The lowest BCUT2D eigenvalue weighted by atomic mass is 10.2. The summed E-state index contributed by atoms with van der Waals surface area (Å²) in [4.78, 5) is 13.0. The first-order chi connectivity index (χ1) is 11.3. The van der Waals surface area contributed by atoms with Crippen molar-refractivity contribution in [2.75, 3.05) is 44.2 Å². The molecule has 3 aromatic rings. The average Bonchev–Trinajstić information content (AvgIpc) is 2.94. The van der Waals surface area contributed by atoms with Crippen molar-refractivity contribution in [3.63, 3.8) is 0 Å². The fourth-order valence-electron chi connectivity index (χ4n) is 3.34. The molecule has 0 aliphatic carbocycles. The Balaban J connectivity index is 1.75. The van der Waals surface area contributed by atoms with E-state index < -0.39 is 0 Å². The summed E-state index contributed by atoms with van der Waals surface area (Å²) in [5, 5.41) is 10.1. The SMILES string of the molecule is Cc1nc(N2CC[NH+](CCO)CC2)c2oc3ccccc3c2n1. The molecular formula is C17H21N4O2+. The number of nitrogens with zero attached hydrogens (tertiary/aromatic N) is 3. The normalized spacial score (nSPS) is 16.5. The van der Waals surface area contributed by atoms with Crippen molar-refractivity contribution >= 4 is 27.9 Å². The summed E-state index contributed by atoms with van der Waals surface area (Å²) < 4.78 is 6.05. The second-order valence-electron chi connectivity index (χ2n) is 6.08. The van der Waals surface area contributed by atoms with Gasteiger partial charge >= 0.3 is 0 Å². The largest absolute Gasteiger partial charge is 0.450 e. The molecule has 6 heteroatoms. The number of aliphatic hydroxyl groups excluding tert-OH is 1. The number of aryl methyl sites for hydroxylation is 1. The third kappa shape index (κ3) is 2.54. The van der Waals surface area contributed by atoms with Gasteiger partial charge in [0.2, 0.25) is 0 Å². The summed E-state index contributed by atoms with van der Waals surface area (Å²) >= 11 is 0. The van der Waals surface area contributed by atoms with Gasteiger partial charge in [-0.1, -0.05) is 12.1 Å². The highest BCUT2D eigenvalue weighted by Crippen LogP contribution is 2.32. The second kappa shape index (κ2) is 5.79. The summed E-state index contributed by atoms with van der Waals surface area (Å²) in [6.07, 6.45) is 0. The molecule has 1 fully saturated rings. The van der Waals surface area contributed by atoms with Gasteiger partial charge < -0.3 is 19.3 Å². The Morgan fingerprint density at radius 2 is 2.00 bits per heavy atom. The number of rotatable bonds is 3. The van der Waals surface area contributed by atoms with Crippen LogP contribution in [0.2, 0.25) is 0 Å². The molecule has 1 saturated heterocycles. The minimum absolute atomic E-state index is 0.246. The van der Waals surface area contributed by atoms with Gasteiger partial charge in [-0.3, -0.25) is 0 Å². The van der Waals surface area contributed by atoms with Crippen molar-refractivity contribution in [1.29, 1.82) is 0 Å². The molecule has 0 atom stereocenters. The zero-order valence-corrected chi connectivity index (χ0v) is 13.2. The molecule has 3 heterocycles. The quantitative estimate of drug-likeness (QED) is 0.732. The van der Waals surface area contributed by atoms with E-state index in [4.69, 9.17) is 9.52 Å². The lowest BCUT2D eigenvalue weighted by molar-refractivity contribution is -0.900. The van der Waals surface area contributed by atoms with E-state index in [1.54, 1.807) is 0 Å². The highest BCUT2D eigenvalue weighted by molar-refractivity contribution is 6.05. The van der Waals surface area contributed by atoms with Crippen LogP contribution in [0.3, 0.4) is 0 Å². The first-order valence-electron chi connectivity index (χ1n) is 8.11. The number of piperazine rings is 1. The summed E-state index contributed by atoms with van der Waals surface area (Å²) in [5.41, 5.74) is 2.53. The van der Waals surface area contributed by atoms with Gasteiger partial charge in [-0.05, 0) is 19.1 Å². The minimum Gasteiger partial charge on any atom is -0.450 e. The van der Waals surface area contributed by atoms with Crippen molar-refractivity contribution in [1.82, 2.24) is 9.97 Å². The fourth-order valence-corrected chi connectivity index (χ4v) is 3.34. The molecule has 2 aromatic heterocycles. The number of hydrogen-bond donors (Lipinski definition) is 2. The number of hydrogen-bond acceptors (Lipinski definition) is 5. The van der Waals surface area contributed by atoms with Crippen molar-refractivity contribution < 1.29 is 14.4 Å². The van der Waals surface area contributed by atoms with Gasteiger partial charge in [0.15, 0.2) is 11.4 Å². The maximum absolute atomic E-state index is 9.09. The zero-order chi connectivity index (χ0) is 15.8. The number of aromatic nitrogens is 2. The topological polar surface area (TPSA) is 66.8 Å². The molecule has 1 aromatic carbocycles. The number of nitrogens with one attached hydrogen (secondary N) is 1. The molecule has 1 aliphatic rings. The highest BCUT2D eigenvalue weighted by atomic mass is 16.3. The summed E-state index contributed by atoms with van der Waals surface area (Å²) in [6, 6.07) is 7.99. The predicted molar refractivity (Wildman–Crippen MR) is 88.9 cm³/mol. The minimum atomic E-state index is 0.246. The number of benzene rings is 1. The molecule has 0 radical (unpaired) electrons. The van der Waals surface area contributed by atoms with Gasteiger partial charge in [0.05, 0.1) is 32.8 Å². The first-order valence-corrected chi connectivity index (χ1v) is 8.11. The van der Waals surface area contributed by atoms with E-state index in [1.165, 1.54) is 4.90 Å². The number of para-hydroxylation sites is 1. The van der Waals surface area contributed by atoms with Crippen LogP contribution in [0, 0.1) is 6.92 Å². The van der Waals surface area contributed by atoms with Crippen molar-refractivity contribution in [3.05, 3.63) is 30.1 Å². The van der Waals surface area contributed by atoms with Crippen LogP contribution in [0.25, 0.3) is 22.1 Å². The molecule has 23 heavy (non-hydrogen) atoms. The van der Waals surface area contributed by atoms with E-state index in [0.29, 0.717) is 0 Å². The Morgan fingerprint density at radius 3 is 2.78 bits per heavy atom. The van der Waals surface area contributed by atoms with Crippen molar-refractivity contribution in [3.8, 4) is 0 Å². The zero-order valence-electron chi connectivity index (χ0n) is 13.2. The average molecular weight is 313 g/mol. The Hall–Kier alpha value is -2.18. The third-order valence-electron chi connectivity index (χ3n) is 4.55. The van der Waals surface area contributed by atoms with Crippen LogP contribution < -0.4 is 9.80 Å². The van der Waals surface area contributed by atoms with E-state index in [2.05, 4.69) is 14.9 Å². The molecule has 0 bridgehead atoms. The second-order valence-corrected chi connectivity index (χ2v) is 6.08. The number of fused-ring (bicyclic) bond motifs is 3. The van der Waals surface area contributed by atoms with Crippen LogP contribution in [0.5, 0.6) is 0 Å². The third-order valence-corrected chi connectivity index (χ3v) is 4.55. The maximum Gasteiger partial charge on any atom is 0.196 e. The lowest BCUT2D eigenvalue weighted by Crippen LogP contribution is -3.15. The van der Waals surface area contributed by atoms with Crippen molar-refractivity contribution in [2.45, 2.75) is 6.92 Å². The molecule has 120 valence electrons. The van der Waals surface area contributed by atoms with Crippen LogP contribution in [0.1, 0.15) is 5.82 Å². The molecule has 0 amide bonds. The standard InChI is InChI=1S/C17H20N4O2/c1-12-18-15-13-4-2-3-5-14(13)23-16(15)17(19-12)21-8-6-20(7-9-21)10-11-22/h2-5,22H,6-11H2,1H3/p+1. The van der Waals surface area contributed by atoms with Crippen LogP contribution in [0.15, 0.2) is 28.7 Å². The van der Waals surface area contributed by atoms with Gasteiger partial charge in [0, 0.05) is 5.39 Å². The van der Waals surface area contributed by atoms with Crippen LogP contribution in [-0.2, 0) is 0 Å². The van der Waals surface area contributed by atoms with E-state index in [1.807, 2.05) is 31.2 Å². The number of quaternary nitrogens is 1. The van der Waals surface area contributed by atoms with Gasteiger partial charge in [-0.25, -0.2) is 9.97 Å². The number of furan rings is 1. The number of anilines is 1. The monoisotopic (exact) mass is 313 g/mol. The lowest BCUT2D eigenvalue weighted by Gasteiger charge is -2.32. The Morgan fingerprint density at radius 1 is 1.22 bits per heavy atom. The molecular weight excluding hydrogens is 292 g/mol. The van der Waals surface area contributed by atoms with Crippen LogP contribution >= 0.6 is 0 Å². The molecule has 1 aliphatic heterocycles. The van der Waals surface area contributed by atoms with Crippen molar-refractivity contribution in [2.24, 2.45) is 0 Å². The van der Waals surface area contributed by atoms with Gasteiger partial charge in [0.1, 0.15) is 23.5 Å². The van der Waals surface area contributed by atoms with Crippen LogP contribution in [-0.4, -0.2) is 54.4 Å². The van der Waals surface area contributed by atoms with E-state index in [0.717, 1.165) is 66.4 Å². The fraction of sp³-hybridized carbons (Fsp3) is 0.412. The maximum atomic E-state index is 9.09. The summed E-state index contributed by atoms with van der Waals surface area (Å²) in [5.74, 6) is 1.66. The van der Waals surface area contributed by atoms with Gasteiger partial charge in [-0.2, -0.15) is 0 Å². The smallest absolute Gasteiger partial charge is 0.196 e. The van der Waals surface area contributed by atoms with Gasteiger partial charge in [0.25, 0.3) is 0 Å². The molecule has 0 spiro atoms. The number of aliphatic hydroxyl groups is 1. The summed E-state index contributed by atoms with van der Waals surface area (Å²) in [6.45, 7) is 6.83.